The van der Waals surface area contributed by atoms with E-state index in [0.717, 1.165) is 17.7 Å². The predicted octanol–water partition coefficient (Wildman–Crippen LogP) is 2.38. The van der Waals surface area contributed by atoms with Crippen molar-refractivity contribution >= 4 is 0 Å². The van der Waals surface area contributed by atoms with E-state index in [2.05, 4.69) is 4.98 Å². The highest BCUT2D eigenvalue weighted by Crippen LogP contribution is 2.22. The zero-order chi connectivity index (χ0) is 11.2. The van der Waals surface area contributed by atoms with Crippen molar-refractivity contribution in [3.63, 3.8) is 0 Å². The molecule has 1 heterocycles. The Morgan fingerprint density at radius 3 is 2.62 bits per heavy atom. The van der Waals surface area contributed by atoms with Crippen molar-refractivity contribution in [2.24, 2.45) is 5.73 Å². The summed E-state index contributed by atoms with van der Waals surface area (Å²) in [5.41, 5.74) is 6.58. The zero-order valence-corrected chi connectivity index (χ0v) is 8.97. The second kappa shape index (κ2) is 5.28. The molecule has 3 nitrogen and oxygen atoms in total. The molecule has 0 spiro atoms. The van der Waals surface area contributed by atoms with Crippen LogP contribution < -0.4 is 10.5 Å². The van der Waals surface area contributed by atoms with Gasteiger partial charge in [-0.3, -0.25) is 0 Å². The Kier molecular flexibility index (Phi) is 3.51. The standard InChI is InChI=1S/C13H14N2O/c14-9-8-11-5-4-10-15-13(11)16-12-6-2-1-3-7-12/h1-7,10H,8-9,14H2. The first-order valence-corrected chi connectivity index (χ1v) is 5.27. The van der Waals surface area contributed by atoms with E-state index in [1.54, 1.807) is 6.20 Å². The average Bonchev–Trinajstić information content (AvgIpc) is 2.33. The molecule has 0 aliphatic heterocycles. The fraction of sp³-hybridized carbons (Fsp3) is 0.154. The van der Waals surface area contributed by atoms with Crippen LogP contribution in [-0.4, -0.2) is 11.5 Å². The lowest BCUT2D eigenvalue weighted by Crippen LogP contribution is -2.04. The Morgan fingerprint density at radius 2 is 1.88 bits per heavy atom. The van der Waals surface area contributed by atoms with Crippen LogP contribution in [0.4, 0.5) is 0 Å². The predicted molar refractivity (Wildman–Crippen MR) is 63.5 cm³/mol. The van der Waals surface area contributed by atoms with Gasteiger partial charge in [-0.2, -0.15) is 0 Å². The summed E-state index contributed by atoms with van der Waals surface area (Å²) >= 11 is 0. The molecule has 3 heteroatoms. The average molecular weight is 214 g/mol. The molecular formula is C13H14N2O. The SMILES string of the molecule is NCCc1cccnc1Oc1ccccc1. The third kappa shape index (κ3) is 2.58. The van der Waals surface area contributed by atoms with Gasteiger partial charge in [0, 0.05) is 11.8 Å². The highest BCUT2D eigenvalue weighted by atomic mass is 16.5. The Hall–Kier alpha value is -1.87. The van der Waals surface area contributed by atoms with Gasteiger partial charge < -0.3 is 10.5 Å². The van der Waals surface area contributed by atoms with Crippen LogP contribution in [0.15, 0.2) is 48.7 Å². The number of nitrogens with zero attached hydrogens (tertiary/aromatic N) is 1. The van der Waals surface area contributed by atoms with Crippen molar-refractivity contribution < 1.29 is 4.74 Å². The number of hydrogen-bond acceptors (Lipinski definition) is 3. The van der Waals surface area contributed by atoms with Crippen molar-refractivity contribution in [1.82, 2.24) is 4.98 Å². The minimum atomic E-state index is 0.594. The molecule has 0 bridgehead atoms. The van der Waals surface area contributed by atoms with Crippen LogP contribution in [-0.2, 0) is 6.42 Å². The first-order valence-electron chi connectivity index (χ1n) is 5.27. The first-order chi connectivity index (χ1) is 7.90. The van der Waals surface area contributed by atoms with E-state index in [1.165, 1.54) is 0 Å². The summed E-state index contributed by atoms with van der Waals surface area (Å²) in [7, 11) is 0. The van der Waals surface area contributed by atoms with Gasteiger partial charge in [0.15, 0.2) is 0 Å². The van der Waals surface area contributed by atoms with Crippen molar-refractivity contribution in [2.45, 2.75) is 6.42 Å². The molecule has 0 atom stereocenters. The molecule has 2 aromatic rings. The van der Waals surface area contributed by atoms with Gasteiger partial charge in [-0.05, 0) is 31.2 Å². The summed E-state index contributed by atoms with van der Waals surface area (Å²) in [6.45, 7) is 0.594. The van der Waals surface area contributed by atoms with E-state index < -0.39 is 0 Å². The monoisotopic (exact) mass is 214 g/mol. The Labute approximate surface area is 94.9 Å². The molecule has 0 aliphatic carbocycles. The Bertz CT molecular complexity index is 443. The van der Waals surface area contributed by atoms with Crippen LogP contribution in [0.5, 0.6) is 11.6 Å². The van der Waals surface area contributed by atoms with Crippen molar-refractivity contribution in [2.75, 3.05) is 6.54 Å². The zero-order valence-electron chi connectivity index (χ0n) is 8.97. The molecule has 2 N–H and O–H groups in total. The molecule has 1 aromatic carbocycles. The maximum atomic E-state index is 5.70. The Balaban J connectivity index is 2.21. The van der Waals surface area contributed by atoms with Crippen LogP contribution in [0.1, 0.15) is 5.56 Å². The van der Waals surface area contributed by atoms with Gasteiger partial charge in [-0.25, -0.2) is 4.98 Å². The maximum absolute atomic E-state index is 5.70. The molecule has 0 fully saturated rings. The Morgan fingerprint density at radius 1 is 1.06 bits per heavy atom. The van der Waals surface area contributed by atoms with E-state index in [-0.39, 0.29) is 0 Å². The van der Waals surface area contributed by atoms with E-state index in [0.29, 0.717) is 12.4 Å². The molecule has 16 heavy (non-hydrogen) atoms. The fourth-order valence-electron chi connectivity index (χ4n) is 1.46. The molecule has 0 amide bonds. The minimum absolute atomic E-state index is 0.594. The highest BCUT2D eigenvalue weighted by molar-refractivity contribution is 5.32. The van der Waals surface area contributed by atoms with Crippen molar-refractivity contribution in [3.05, 3.63) is 54.2 Å². The van der Waals surface area contributed by atoms with E-state index in [1.807, 2.05) is 42.5 Å². The number of aromatic nitrogens is 1. The van der Waals surface area contributed by atoms with Gasteiger partial charge in [-0.1, -0.05) is 24.3 Å². The van der Waals surface area contributed by atoms with Gasteiger partial charge in [0.05, 0.1) is 0 Å². The molecule has 82 valence electrons. The van der Waals surface area contributed by atoms with Crippen LogP contribution in [0.3, 0.4) is 0 Å². The van der Waals surface area contributed by atoms with Gasteiger partial charge in [-0.15, -0.1) is 0 Å². The van der Waals surface area contributed by atoms with Crippen LogP contribution in [0.25, 0.3) is 0 Å². The second-order valence-electron chi connectivity index (χ2n) is 3.42. The fourth-order valence-corrected chi connectivity index (χ4v) is 1.46. The lowest BCUT2D eigenvalue weighted by atomic mass is 10.2. The largest absolute Gasteiger partial charge is 0.439 e. The summed E-state index contributed by atoms with van der Waals surface area (Å²) < 4.78 is 5.70. The third-order valence-corrected chi connectivity index (χ3v) is 2.22. The summed E-state index contributed by atoms with van der Waals surface area (Å²) in [4.78, 5) is 4.21. The normalized spacial score (nSPS) is 10.1. The van der Waals surface area contributed by atoms with Crippen LogP contribution in [0.2, 0.25) is 0 Å². The number of nitrogens with two attached hydrogens (primary N) is 1. The van der Waals surface area contributed by atoms with E-state index >= 15 is 0 Å². The summed E-state index contributed by atoms with van der Waals surface area (Å²) in [6.07, 6.45) is 2.49. The number of ether oxygens (including phenoxy) is 1. The molecule has 0 radical (unpaired) electrons. The number of hydrogen-bond donors (Lipinski definition) is 1. The van der Waals surface area contributed by atoms with Crippen molar-refractivity contribution in [1.29, 1.82) is 0 Å². The van der Waals surface area contributed by atoms with Gasteiger partial charge in [0.2, 0.25) is 5.88 Å². The second-order valence-corrected chi connectivity index (χ2v) is 3.42. The summed E-state index contributed by atoms with van der Waals surface area (Å²) in [6, 6.07) is 13.5. The van der Waals surface area contributed by atoms with Crippen molar-refractivity contribution in [3.8, 4) is 11.6 Å². The summed E-state index contributed by atoms with van der Waals surface area (Å²) in [5.74, 6) is 1.43. The lowest BCUT2D eigenvalue weighted by Gasteiger charge is -2.08. The first kappa shape index (κ1) is 10.6. The van der Waals surface area contributed by atoms with Crippen LogP contribution in [0, 0.1) is 0 Å². The van der Waals surface area contributed by atoms with Crippen LogP contribution >= 0.6 is 0 Å². The van der Waals surface area contributed by atoms with E-state index in [4.69, 9.17) is 10.5 Å². The maximum Gasteiger partial charge on any atom is 0.222 e. The smallest absolute Gasteiger partial charge is 0.222 e. The third-order valence-electron chi connectivity index (χ3n) is 2.22. The van der Waals surface area contributed by atoms with Gasteiger partial charge in [0.1, 0.15) is 5.75 Å². The minimum Gasteiger partial charge on any atom is -0.439 e. The molecule has 0 saturated carbocycles. The summed E-state index contributed by atoms with van der Waals surface area (Å²) in [5, 5.41) is 0. The quantitative estimate of drug-likeness (QED) is 0.850. The van der Waals surface area contributed by atoms with E-state index in [9.17, 15) is 0 Å². The topological polar surface area (TPSA) is 48.1 Å². The molecule has 2 rings (SSSR count). The molecule has 0 aliphatic rings. The van der Waals surface area contributed by atoms with Gasteiger partial charge in [0.25, 0.3) is 0 Å². The highest BCUT2D eigenvalue weighted by Gasteiger charge is 2.04. The molecule has 0 unspecified atom stereocenters. The number of para-hydroxylation sites is 1. The lowest BCUT2D eigenvalue weighted by molar-refractivity contribution is 0.456. The van der Waals surface area contributed by atoms with Gasteiger partial charge >= 0.3 is 0 Å². The molecule has 0 saturated heterocycles. The number of benzene rings is 1. The number of rotatable bonds is 4. The molecule has 1 aromatic heterocycles. The molecular weight excluding hydrogens is 200 g/mol. The number of pyridine rings is 1.